The Hall–Kier alpha value is -1.31. The van der Waals surface area contributed by atoms with Crippen molar-refractivity contribution in [2.24, 2.45) is 0 Å². The van der Waals surface area contributed by atoms with Gasteiger partial charge in [-0.2, -0.15) is 0 Å². The zero-order chi connectivity index (χ0) is 12.0. The van der Waals surface area contributed by atoms with Crippen molar-refractivity contribution in [2.45, 2.75) is 20.3 Å². The first-order valence-corrected chi connectivity index (χ1v) is 5.88. The summed E-state index contributed by atoms with van der Waals surface area (Å²) in [4.78, 5) is 12.9. The molecule has 4 heteroatoms. The molecule has 86 valence electrons. The number of aliphatic hydroxyl groups is 1. The van der Waals surface area contributed by atoms with E-state index in [9.17, 15) is 4.79 Å². The van der Waals surface area contributed by atoms with E-state index in [1.165, 1.54) is 11.3 Å². The first kappa shape index (κ1) is 12.8. The molecule has 0 unspecified atom stereocenters. The topological polar surface area (TPSA) is 46.5 Å². The number of rotatable bonds is 3. The number of carbonyl (C=O) groups is 1. The first-order valence-electron chi connectivity index (χ1n) is 5.06. The minimum atomic E-state index is -0.300. The largest absolute Gasteiger partial charge is 0.462 e. The predicted octanol–water partition coefficient (Wildman–Crippen LogP) is 1.97. The van der Waals surface area contributed by atoms with Crippen LogP contribution in [0.4, 0.5) is 0 Å². The number of carbonyl (C=O) groups excluding carboxylic acids is 1. The number of esters is 1. The Balaban J connectivity index is 2.82. The van der Waals surface area contributed by atoms with Crippen molar-refractivity contribution in [3.8, 4) is 11.8 Å². The SMILES string of the molecule is CCOC(=O)c1cc(C)c(C#CCCO)s1. The van der Waals surface area contributed by atoms with Crippen LogP contribution in [0.3, 0.4) is 0 Å². The number of thiophene rings is 1. The maximum Gasteiger partial charge on any atom is 0.348 e. The molecule has 0 amide bonds. The quantitative estimate of drug-likeness (QED) is 0.647. The van der Waals surface area contributed by atoms with E-state index in [-0.39, 0.29) is 12.6 Å². The molecular weight excluding hydrogens is 224 g/mol. The van der Waals surface area contributed by atoms with Crippen molar-refractivity contribution >= 4 is 17.3 Å². The summed E-state index contributed by atoms with van der Waals surface area (Å²) in [5.74, 6) is 5.47. The summed E-state index contributed by atoms with van der Waals surface area (Å²) in [6.45, 7) is 4.12. The third kappa shape index (κ3) is 3.37. The van der Waals surface area contributed by atoms with Crippen molar-refractivity contribution < 1.29 is 14.6 Å². The molecule has 0 saturated carbocycles. The summed E-state index contributed by atoms with van der Waals surface area (Å²) >= 11 is 1.33. The molecule has 0 spiro atoms. The van der Waals surface area contributed by atoms with Crippen molar-refractivity contribution in [3.05, 3.63) is 21.4 Å². The van der Waals surface area contributed by atoms with Crippen LogP contribution in [0.1, 0.15) is 33.5 Å². The van der Waals surface area contributed by atoms with E-state index in [1.54, 1.807) is 13.0 Å². The average Bonchev–Trinajstić information content (AvgIpc) is 2.61. The van der Waals surface area contributed by atoms with E-state index < -0.39 is 0 Å². The van der Waals surface area contributed by atoms with E-state index in [4.69, 9.17) is 9.84 Å². The molecule has 3 nitrogen and oxygen atoms in total. The molecule has 0 bridgehead atoms. The number of ether oxygens (including phenoxy) is 1. The monoisotopic (exact) mass is 238 g/mol. The molecule has 1 N–H and O–H groups in total. The molecule has 0 radical (unpaired) electrons. The first-order chi connectivity index (χ1) is 7.69. The van der Waals surface area contributed by atoms with Gasteiger partial charge in [-0.05, 0) is 25.5 Å². The Kier molecular flexibility index (Phi) is 5.03. The third-order valence-corrected chi connectivity index (χ3v) is 2.97. The lowest BCUT2D eigenvalue weighted by Gasteiger charge is -1.95. The van der Waals surface area contributed by atoms with E-state index in [0.717, 1.165) is 10.4 Å². The molecule has 0 aliphatic carbocycles. The summed E-state index contributed by atoms with van der Waals surface area (Å²) < 4.78 is 4.91. The lowest BCUT2D eigenvalue weighted by molar-refractivity contribution is 0.0532. The lowest BCUT2D eigenvalue weighted by Crippen LogP contribution is -2.01. The summed E-state index contributed by atoms with van der Waals surface area (Å²) in [5, 5.41) is 8.60. The highest BCUT2D eigenvalue weighted by atomic mass is 32.1. The van der Waals surface area contributed by atoms with Gasteiger partial charge in [0.2, 0.25) is 0 Å². The van der Waals surface area contributed by atoms with Gasteiger partial charge in [0.15, 0.2) is 0 Å². The number of hydrogen-bond acceptors (Lipinski definition) is 4. The Morgan fingerprint density at radius 3 is 3.00 bits per heavy atom. The van der Waals surface area contributed by atoms with Gasteiger partial charge in [0, 0.05) is 6.42 Å². The van der Waals surface area contributed by atoms with Crippen molar-refractivity contribution in [1.29, 1.82) is 0 Å². The van der Waals surface area contributed by atoms with Crippen LogP contribution < -0.4 is 0 Å². The highest BCUT2D eigenvalue weighted by molar-refractivity contribution is 7.14. The van der Waals surface area contributed by atoms with Crippen molar-refractivity contribution in [2.75, 3.05) is 13.2 Å². The smallest absolute Gasteiger partial charge is 0.348 e. The normalized spacial score (nSPS) is 9.44. The molecule has 0 atom stereocenters. The van der Waals surface area contributed by atoms with Crippen LogP contribution in [-0.4, -0.2) is 24.3 Å². The van der Waals surface area contributed by atoms with Crippen LogP contribution >= 0.6 is 11.3 Å². The summed E-state index contributed by atoms with van der Waals surface area (Å²) in [6, 6.07) is 1.78. The van der Waals surface area contributed by atoms with Gasteiger partial charge in [-0.25, -0.2) is 4.79 Å². The molecular formula is C12H14O3S. The molecule has 0 aliphatic heterocycles. The molecule has 1 rings (SSSR count). The molecule has 0 fully saturated rings. The van der Waals surface area contributed by atoms with E-state index in [2.05, 4.69) is 11.8 Å². The van der Waals surface area contributed by atoms with E-state index >= 15 is 0 Å². The molecule has 1 aromatic heterocycles. The molecule has 1 aromatic rings. The fraction of sp³-hybridized carbons (Fsp3) is 0.417. The van der Waals surface area contributed by atoms with Crippen LogP contribution in [0.25, 0.3) is 0 Å². The molecule has 0 aliphatic rings. The predicted molar refractivity (Wildman–Crippen MR) is 63.6 cm³/mol. The fourth-order valence-electron chi connectivity index (χ4n) is 1.11. The van der Waals surface area contributed by atoms with Gasteiger partial charge in [-0.3, -0.25) is 0 Å². The number of aliphatic hydroxyl groups excluding tert-OH is 1. The van der Waals surface area contributed by atoms with Gasteiger partial charge in [-0.15, -0.1) is 11.3 Å². The summed E-state index contributed by atoms with van der Waals surface area (Å²) in [5.41, 5.74) is 0.971. The van der Waals surface area contributed by atoms with Gasteiger partial charge in [0.25, 0.3) is 0 Å². The third-order valence-electron chi connectivity index (χ3n) is 1.83. The van der Waals surface area contributed by atoms with Gasteiger partial charge in [0.1, 0.15) is 4.88 Å². The maximum absolute atomic E-state index is 11.4. The maximum atomic E-state index is 11.4. The van der Waals surface area contributed by atoms with Crippen LogP contribution in [-0.2, 0) is 4.74 Å². The van der Waals surface area contributed by atoms with Crippen LogP contribution in [0.5, 0.6) is 0 Å². The molecule has 0 aromatic carbocycles. The Bertz CT molecular complexity index is 423. The summed E-state index contributed by atoms with van der Waals surface area (Å²) in [7, 11) is 0. The van der Waals surface area contributed by atoms with Gasteiger partial charge < -0.3 is 9.84 Å². The zero-order valence-electron chi connectivity index (χ0n) is 9.37. The Morgan fingerprint density at radius 1 is 1.62 bits per heavy atom. The minimum absolute atomic E-state index is 0.0577. The van der Waals surface area contributed by atoms with Crippen molar-refractivity contribution in [1.82, 2.24) is 0 Å². The van der Waals surface area contributed by atoms with Gasteiger partial charge in [-0.1, -0.05) is 11.8 Å². The molecule has 1 heterocycles. The number of hydrogen-bond donors (Lipinski definition) is 1. The fourth-order valence-corrected chi connectivity index (χ4v) is 2.05. The van der Waals surface area contributed by atoms with Gasteiger partial charge >= 0.3 is 5.97 Å². The van der Waals surface area contributed by atoms with Crippen LogP contribution in [0.2, 0.25) is 0 Å². The molecule has 0 saturated heterocycles. The van der Waals surface area contributed by atoms with Crippen molar-refractivity contribution in [3.63, 3.8) is 0 Å². The minimum Gasteiger partial charge on any atom is -0.462 e. The van der Waals surface area contributed by atoms with E-state index in [1.807, 2.05) is 6.92 Å². The lowest BCUT2D eigenvalue weighted by atomic mass is 10.2. The summed E-state index contributed by atoms with van der Waals surface area (Å²) in [6.07, 6.45) is 0.450. The number of aryl methyl sites for hydroxylation is 1. The second-order valence-corrected chi connectivity index (χ2v) is 4.17. The Labute approximate surface area is 99.1 Å². The second-order valence-electron chi connectivity index (χ2n) is 3.12. The van der Waals surface area contributed by atoms with Crippen LogP contribution in [0, 0.1) is 18.8 Å². The highest BCUT2D eigenvalue weighted by Crippen LogP contribution is 2.21. The van der Waals surface area contributed by atoms with E-state index in [0.29, 0.717) is 17.9 Å². The highest BCUT2D eigenvalue weighted by Gasteiger charge is 2.11. The standard InChI is InChI=1S/C12H14O3S/c1-3-15-12(14)11-8-9(2)10(16-11)6-4-5-7-13/h8,13H,3,5,7H2,1-2H3. The second kappa shape index (κ2) is 6.31. The average molecular weight is 238 g/mol. The Morgan fingerprint density at radius 2 is 2.38 bits per heavy atom. The van der Waals surface area contributed by atoms with Crippen LogP contribution in [0.15, 0.2) is 6.07 Å². The zero-order valence-corrected chi connectivity index (χ0v) is 10.2. The van der Waals surface area contributed by atoms with Gasteiger partial charge in [0.05, 0.1) is 18.1 Å². The molecule has 16 heavy (non-hydrogen) atoms.